The van der Waals surface area contributed by atoms with E-state index < -0.39 is 11.0 Å². The number of Topliss-reactive ketones (excluding diaryl/α,β-unsaturated/α-hetero) is 1. The van der Waals surface area contributed by atoms with Gasteiger partial charge in [-0.25, -0.2) is 0 Å². The Bertz CT molecular complexity index is 1120. The first-order chi connectivity index (χ1) is 15.6. The third-order valence-electron chi connectivity index (χ3n) is 6.55. The number of carbonyl (C=O) groups is 1. The molecule has 5 nitrogen and oxygen atoms in total. The van der Waals surface area contributed by atoms with E-state index in [1.807, 2.05) is 66.7 Å². The molecule has 0 spiro atoms. The van der Waals surface area contributed by atoms with Crippen molar-refractivity contribution in [2.24, 2.45) is 37.2 Å². The maximum atomic E-state index is 13.8. The lowest BCUT2D eigenvalue weighted by Gasteiger charge is -2.45. The summed E-state index contributed by atoms with van der Waals surface area (Å²) in [7, 11) is 0. The number of azo groups is 1. The Kier molecular flexibility index (Phi) is 5.77. The van der Waals surface area contributed by atoms with Gasteiger partial charge >= 0.3 is 0 Å². The molecule has 2 aromatic carbocycles. The smallest absolute Gasteiger partial charge is 0.190 e. The lowest BCUT2D eigenvalue weighted by Crippen LogP contribution is -2.58. The van der Waals surface area contributed by atoms with Crippen LogP contribution in [0.25, 0.3) is 0 Å². The van der Waals surface area contributed by atoms with Gasteiger partial charge in [0, 0.05) is 16.7 Å². The first kappa shape index (κ1) is 23.0. The maximum absolute atomic E-state index is 13.8. The molecule has 1 aliphatic carbocycles. The van der Waals surface area contributed by atoms with Crippen molar-refractivity contribution < 1.29 is 4.79 Å². The molecule has 33 heavy (non-hydrogen) atoms. The molecule has 0 unspecified atom stereocenters. The van der Waals surface area contributed by atoms with Crippen molar-refractivity contribution >= 4 is 17.2 Å². The molecule has 2 atom stereocenters. The van der Waals surface area contributed by atoms with Crippen LogP contribution in [0.15, 0.2) is 92.7 Å². The molecular weight excluding hydrogens is 408 g/mol. The van der Waals surface area contributed by atoms with E-state index in [1.54, 1.807) is 0 Å². The van der Waals surface area contributed by atoms with Crippen LogP contribution in [0.1, 0.15) is 52.7 Å². The topological polar surface area (TPSA) is 66.5 Å². The molecule has 0 fully saturated rings. The predicted molar refractivity (Wildman–Crippen MR) is 134 cm³/mol. The highest BCUT2D eigenvalue weighted by molar-refractivity contribution is 6.18. The van der Waals surface area contributed by atoms with E-state index in [2.05, 4.69) is 51.8 Å². The SMILES string of the molecule is CC(C)(C)C1=C/C(=N/N=C(c2ccccc2)c2ccccc2)[C@H]2CN=N[C@]2(C(C)(C)C)C1=O. The number of nitrogens with zero attached hydrogens (tertiary/aromatic N) is 4. The Morgan fingerprint density at radius 3 is 1.94 bits per heavy atom. The molecule has 0 radical (unpaired) electrons. The van der Waals surface area contributed by atoms with Gasteiger partial charge in [-0.2, -0.15) is 15.3 Å². The molecule has 0 aromatic heterocycles. The molecule has 1 heterocycles. The number of allylic oxidation sites excluding steroid dienone is 1. The molecule has 0 bridgehead atoms. The second kappa shape index (κ2) is 8.29. The van der Waals surface area contributed by atoms with Gasteiger partial charge in [-0.05, 0) is 16.9 Å². The Labute approximate surface area is 196 Å². The summed E-state index contributed by atoms with van der Waals surface area (Å²) in [5.74, 6) is -0.171. The maximum Gasteiger partial charge on any atom is 0.190 e. The van der Waals surface area contributed by atoms with Gasteiger partial charge < -0.3 is 0 Å². The van der Waals surface area contributed by atoms with Crippen molar-refractivity contribution in [3.8, 4) is 0 Å². The largest absolute Gasteiger partial charge is 0.292 e. The Morgan fingerprint density at radius 1 is 0.909 bits per heavy atom. The molecule has 0 saturated carbocycles. The Balaban J connectivity index is 1.92. The van der Waals surface area contributed by atoms with E-state index in [1.165, 1.54) is 0 Å². The molecule has 0 N–H and O–H groups in total. The van der Waals surface area contributed by atoms with Crippen molar-refractivity contribution in [2.75, 3.05) is 6.54 Å². The molecule has 4 rings (SSSR count). The van der Waals surface area contributed by atoms with E-state index in [0.717, 1.165) is 28.1 Å². The average Bonchev–Trinajstić information content (AvgIpc) is 3.23. The minimum atomic E-state index is -0.960. The summed E-state index contributed by atoms with van der Waals surface area (Å²) < 4.78 is 0. The lowest BCUT2D eigenvalue weighted by molar-refractivity contribution is -0.126. The van der Waals surface area contributed by atoms with Crippen molar-refractivity contribution in [1.29, 1.82) is 0 Å². The Hall–Kier alpha value is -3.21. The number of ketones is 1. The third-order valence-corrected chi connectivity index (χ3v) is 6.55. The molecule has 2 aliphatic rings. The van der Waals surface area contributed by atoms with Crippen LogP contribution in [0.5, 0.6) is 0 Å². The fraction of sp³-hybridized carbons (Fsp3) is 0.393. The van der Waals surface area contributed by atoms with E-state index in [0.29, 0.717) is 6.54 Å². The average molecular weight is 441 g/mol. The second-order valence-electron chi connectivity index (χ2n) is 10.8. The standard InChI is InChI=1S/C28H32N4O/c1-26(2,3)21-17-23(22-18-29-32-28(22,25(21)33)27(4,5)6)30-31-24(19-13-9-7-10-14-19)20-15-11-8-12-16-20/h7-17,22H,18H2,1-6H3/b30-23-/t22-,28+/m1/s1. The number of benzene rings is 2. The second-order valence-corrected chi connectivity index (χ2v) is 10.8. The Morgan fingerprint density at radius 2 is 1.45 bits per heavy atom. The molecule has 2 aromatic rings. The molecule has 0 amide bonds. The van der Waals surface area contributed by atoms with Crippen LogP contribution in [0, 0.1) is 16.7 Å². The van der Waals surface area contributed by atoms with Gasteiger partial charge in [0.05, 0.1) is 18.2 Å². The van der Waals surface area contributed by atoms with Gasteiger partial charge in [-0.1, -0.05) is 102 Å². The van der Waals surface area contributed by atoms with E-state index in [-0.39, 0.29) is 17.1 Å². The minimum Gasteiger partial charge on any atom is -0.292 e. The van der Waals surface area contributed by atoms with Gasteiger partial charge in [0.25, 0.3) is 0 Å². The van der Waals surface area contributed by atoms with E-state index in [4.69, 9.17) is 10.2 Å². The molecular formula is C28H32N4O. The van der Waals surface area contributed by atoms with Crippen LogP contribution in [-0.2, 0) is 4.79 Å². The van der Waals surface area contributed by atoms with Crippen LogP contribution >= 0.6 is 0 Å². The van der Waals surface area contributed by atoms with Crippen LogP contribution < -0.4 is 0 Å². The lowest BCUT2D eigenvalue weighted by atomic mass is 9.57. The quantitative estimate of drug-likeness (QED) is 0.408. The molecule has 170 valence electrons. The fourth-order valence-corrected chi connectivity index (χ4v) is 4.72. The number of rotatable bonds is 3. The number of fused-ring (bicyclic) bond motifs is 1. The molecule has 5 heteroatoms. The van der Waals surface area contributed by atoms with Crippen LogP contribution in [-0.4, -0.2) is 29.3 Å². The summed E-state index contributed by atoms with van der Waals surface area (Å²) in [5.41, 5.74) is 2.55. The fourth-order valence-electron chi connectivity index (χ4n) is 4.72. The summed E-state index contributed by atoms with van der Waals surface area (Å²) in [5, 5.41) is 18.5. The van der Waals surface area contributed by atoms with Crippen molar-refractivity contribution in [2.45, 2.75) is 47.1 Å². The first-order valence-electron chi connectivity index (χ1n) is 11.5. The highest BCUT2D eigenvalue weighted by Gasteiger charge is 2.61. The van der Waals surface area contributed by atoms with Crippen LogP contribution in [0.2, 0.25) is 0 Å². The summed E-state index contributed by atoms with van der Waals surface area (Å²) >= 11 is 0. The zero-order valence-electron chi connectivity index (χ0n) is 20.3. The predicted octanol–water partition coefficient (Wildman–Crippen LogP) is 6.30. The summed E-state index contributed by atoms with van der Waals surface area (Å²) in [4.78, 5) is 13.8. The number of hydrogen-bond acceptors (Lipinski definition) is 5. The van der Waals surface area contributed by atoms with Gasteiger partial charge in [0.2, 0.25) is 0 Å². The third kappa shape index (κ3) is 4.01. The van der Waals surface area contributed by atoms with Crippen LogP contribution in [0.4, 0.5) is 0 Å². The van der Waals surface area contributed by atoms with Gasteiger partial charge in [0.15, 0.2) is 11.3 Å². The van der Waals surface area contributed by atoms with Crippen molar-refractivity contribution in [1.82, 2.24) is 0 Å². The van der Waals surface area contributed by atoms with Crippen LogP contribution in [0.3, 0.4) is 0 Å². The summed E-state index contributed by atoms with van der Waals surface area (Å²) in [6.07, 6.45) is 1.93. The highest BCUT2D eigenvalue weighted by atomic mass is 16.1. The first-order valence-corrected chi connectivity index (χ1v) is 11.5. The van der Waals surface area contributed by atoms with Gasteiger partial charge in [0.1, 0.15) is 5.71 Å². The highest BCUT2D eigenvalue weighted by Crippen LogP contribution is 2.51. The number of hydrogen-bond donors (Lipinski definition) is 0. The normalized spacial score (nSPS) is 23.9. The van der Waals surface area contributed by atoms with Crippen molar-refractivity contribution in [3.63, 3.8) is 0 Å². The molecule has 0 saturated heterocycles. The minimum absolute atomic E-state index is 0.0584. The number of carbonyl (C=O) groups excluding carboxylic acids is 1. The van der Waals surface area contributed by atoms with E-state index >= 15 is 0 Å². The zero-order valence-corrected chi connectivity index (χ0v) is 20.3. The summed E-state index contributed by atoms with van der Waals surface area (Å²) in [6.45, 7) is 12.8. The van der Waals surface area contributed by atoms with Gasteiger partial charge in [-0.3, -0.25) is 4.79 Å². The van der Waals surface area contributed by atoms with E-state index in [9.17, 15) is 4.79 Å². The zero-order chi connectivity index (χ0) is 23.9. The monoisotopic (exact) mass is 440 g/mol. The van der Waals surface area contributed by atoms with Crippen molar-refractivity contribution in [3.05, 3.63) is 83.4 Å². The molecule has 1 aliphatic heterocycles. The van der Waals surface area contributed by atoms with Gasteiger partial charge in [-0.15, -0.1) is 5.10 Å². The summed E-state index contributed by atoms with van der Waals surface area (Å²) in [6, 6.07) is 20.1.